The van der Waals surface area contributed by atoms with E-state index >= 15 is 0 Å². The number of hydrogen-bond donors (Lipinski definition) is 2. The maximum absolute atomic E-state index is 6.05. The van der Waals surface area contributed by atoms with Crippen LogP contribution in [0.3, 0.4) is 0 Å². The molecule has 1 aliphatic rings. The quantitative estimate of drug-likeness (QED) is 0.405. The summed E-state index contributed by atoms with van der Waals surface area (Å²) < 4.78 is 5.52. The number of nitrogens with one attached hydrogen (secondary N) is 1. The molecule has 3 N–H and O–H groups in total. The molecule has 0 spiro atoms. The van der Waals surface area contributed by atoms with Gasteiger partial charge in [-0.1, -0.05) is 32.6 Å². The summed E-state index contributed by atoms with van der Waals surface area (Å²) in [6, 6.07) is 0.472. The molecule has 0 bridgehead atoms. The number of ether oxygens (including phenoxy) is 1. The van der Waals surface area contributed by atoms with E-state index in [1.165, 1.54) is 57.8 Å². The Morgan fingerprint density at radius 3 is 2.63 bits per heavy atom. The molecular weight excluding hydrogens is 256 g/mol. The molecule has 19 heavy (non-hydrogen) atoms. The Hall–Kier alpha value is 0.230. The standard InChI is InChI=1S/C15H32N2O.H2S/c1-2-3-4-7-12-18-13-17-11-6-5-8-15(16)14-9-10-14;/h14-15,17H,2-13,16H2,1H3;1H2. The molecule has 4 heteroatoms. The average Bonchev–Trinajstić information content (AvgIpc) is 3.20. The SMILES string of the molecule is CCCCCCOCNCCCCC(N)C1CC1.S. The van der Waals surface area contributed by atoms with Crippen LogP contribution >= 0.6 is 13.5 Å². The van der Waals surface area contributed by atoms with Crippen LogP contribution in [0.1, 0.15) is 64.7 Å². The van der Waals surface area contributed by atoms with Crippen molar-refractivity contribution < 1.29 is 4.74 Å². The second-order valence-corrected chi connectivity index (χ2v) is 5.61. The first-order valence-corrected chi connectivity index (χ1v) is 7.88. The van der Waals surface area contributed by atoms with Gasteiger partial charge in [-0.2, -0.15) is 13.5 Å². The van der Waals surface area contributed by atoms with E-state index in [4.69, 9.17) is 10.5 Å². The van der Waals surface area contributed by atoms with Gasteiger partial charge >= 0.3 is 0 Å². The molecule has 0 amide bonds. The molecule has 0 aromatic rings. The number of rotatable bonds is 13. The average molecular weight is 291 g/mol. The van der Waals surface area contributed by atoms with E-state index in [2.05, 4.69) is 12.2 Å². The highest BCUT2D eigenvalue weighted by Crippen LogP contribution is 2.33. The number of unbranched alkanes of at least 4 members (excludes halogenated alkanes) is 4. The third-order valence-electron chi connectivity index (χ3n) is 3.71. The van der Waals surface area contributed by atoms with E-state index in [9.17, 15) is 0 Å². The fourth-order valence-corrected chi connectivity index (χ4v) is 2.24. The molecule has 116 valence electrons. The molecule has 3 nitrogen and oxygen atoms in total. The lowest BCUT2D eigenvalue weighted by atomic mass is 10.1. The fraction of sp³-hybridized carbons (Fsp3) is 1.00. The van der Waals surface area contributed by atoms with Gasteiger partial charge < -0.3 is 10.5 Å². The van der Waals surface area contributed by atoms with Gasteiger partial charge in [0.05, 0.1) is 6.73 Å². The molecule has 1 fully saturated rings. The summed E-state index contributed by atoms with van der Waals surface area (Å²) in [7, 11) is 0. The molecule has 0 radical (unpaired) electrons. The van der Waals surface area contributed by atoms with Crippen LogP contribution in [0.15, 0.2) is 0 Å². The van der Waals surface area contributed by atoms with Gasteiger partial charge in [0.2, 0.25) is 0 Å². The Morgan fingerprint density at radius 2 is 1.95 bits per heavy atom. The van der Waals surface area contributed by atoms with Gasteiger partial charge in [-0.05, 0) is 44.6 Å². The highest BCUT2D eigenvalue weighted by molar-refractivity contribution is 7.59. The zero-order valence-electron chi connectivity index (χ0n) is 12.6. The van der Waals surface area contributed by atoms with Crippen LogP contribution in [0.25, 0.3) is 0 Å². The minimum Gasteiger partial charge on any atom is -0.366 e. The van der Waals surface area contributed by atoms with Crippen molar-refractivity contribution in [2.45, 2.75) is 70.8 Å². The van der Waals surface area contributed by atoms with E-state index < -0.39 is 0 Å². The molecule has 1 atom stereocenters. The smallest absolute Gasteiger partial charge is 0.0965 e. The van der Waals surface area contributed by atoms with Crippen LogP contribution in [0.5, 0.6) is 0 Å². The molecule has 0 heterocycles. The summed E-state index contributed by atoms with van der Waals surface area (Å²) in [5, 5.41) is 3.33. The lowest BCUT2D eigenvalue weighted by Gasteiger charge is -2.10. The summed E-state index contributed by atoms with van der Waals surface area (Å²) in [5.74, 6) is 0.851. The zero-order valence-corrected chi connectivity index (χ0v) is 13.6. The van der Waals surface area contributed by atoms with Gasteiger partial charge in [0.1, 0.15) is 0 Å². The largest absolute Gasteiger partial charge is 0.366 e. The first-order valence-electron chi connectivity index (χ1n) is 7.88. The van der Waals surface area contributed by atoms with Crippen molar-refractivity contribution in [1.29, 1.82) is 0 Å². The minimum absolute atomic E-state index is 0. The van der Waals surface area contributed by atoms with Crippen molar-refractivity contribution in [1.82, 2.24) is 5.32 Å². The van der Waals surface area contributed by atoms with Crippen molar-refractivity contribution in [2.75, 3.05) is 19.9 Å². The van der Waals surface area contributed by atoms with Crippen molar-refractivity contribution in [3.05, 3.63) is 0 Å². The minimum atomic E-state index is 0. The van der Waals surface area contributed by atoms with Crippen molar-refractivity contribution in [2.24, 2.45) is 11.7 Å². The van der Waals surface area contributed by atoms with Gasteiger partial charge in [-0.25, -0.2) is 0 Å². The lowest BCUT2D eigenvalue weighted by Crippen LogP contribution is -2.23. The molecule has 0 aromatic heterocycles. The predicted molar refractivity (Wildman–Crippen MR) is 87.9 cm³/mol. The van der Waals surface area contributed by atoms with Gasteiger partial charge in [-0.3, -0.25) is 5.32 Å². The third-order valence-corrected chi connectivity index (χ3v) is 3.71. The molecule has 1 aliphatic carbocycles. The van der Waals surface area contributed by atoms with Crippen LogP contribution in [0.2, 0.25) is 0 Å². The summed E-state index contributed by atoms with van der Waals surface area (Å²) in [5.41, 5.74) is 6.05. The van der Waals surface area contributed by atoms with Crippen LogP contribution in [0.4, 0.5) is 0 Å². The summed E-state index contributed by atoms with van der Waals surface area (Å²) in [6.07, 6.45) is 11.5. The predicted octanol–water partition coefficient (Wildman–Crippen LogP) is 3.15. The van der Waals surface area contributed by atoms with Crippen LogP contribution in [-0.2, 0) is 4.74 Å². The number of nitrogens with two attached hydrogens (primary N) is 1. The fourth-order valence-electron chi connectivity index (χ4n) is 2.24. The third kappa shape index (κ3) is 11.7. The van der Waals surface area contributed by atoms with Gasteiger partial charge in [0, 0.05) is 12.6 Å². The maximum Gasteiger partial charge on any atom is 0.0965 e. The molecule has 1 saturated carbocycles. The lowest BCUT2D eigenvalue weighted by molar-refractivity contribution is 0.112. The monoisotopic (exact) mass is 290 g/mol. The molecule has 0 aliphatic heterocycles. The van der Waals surface area contributed by atoms with Crippen LogP contribution in [0, 0.1) is 5.92 Å². The Kier molecular flexibility index (Phi) is 13.4. The Morgan fingerprint density at radius 1 is 1.16 bits per heavy atom. The van der Waals surface area contributed by atoms with Gasteiger partial charge in [-0.15, -0.1) is 0 Å². The summed E-state index contributed by atoms with van der Waals surface area (Å²) in [6.45, 7) is 4.91. The second-order valence-electron chi connectivity index (χ2n) is 5.61. The van der Waals surface area contributed by atoms with E-state index in [1.54, 1.807) is 0 Å². The van der Waals surface area contributed by atoms with E-state index in [-0.39, 0.29) is 13.5 Å². The molecule has 1 unspecified atom stereocenters. The van der Waals surface area contributed by atoms with Gasteiger partial charge in [0.25, 0.3) is 0 Å². The normalized spacial score (nSPS) is 16.1. The first kappa shape index (κ1) is 19.2. The van der Waals surface area contributed by atoms with Crippen molar-refractivity contribution >= 4 is 13.5 Å². The zero-order chi connectivity index (χ0) is 13.1. The van der Waals surface area contributed by atoms with Crippen LogP contribution < -0.4 is 11.1 Å². The highest BCUT2D eigenvalue weighted by atomic mass is 32.1. The topological polar surface area (TPSA) is 47.3 Å². The molecule has 0 saturated heterocycles. The summed E-state index contributed by atoms with van der Waals surface area (Å²) in [4.78, 5) is 0. The molecule has 1 rings (SSSR count). The van der Waals surface area contributed by atoms with E-state index in [0.717, 1.165) is 19.1 Å². The molecular formula is C15H34N2OS. The Bertz CT molecular complexity index is 189. The van der Waals surface area contributed by atoms with E-state index in [0.29, 0.717) is 12.8 Å². The molecule has 0 aromatic carbocycles. The van der Waals surface area contributed by atoms with Crippen molar-refractivity contribution in [3.8, 4) is 0 Å². The van der Waals surface area contributed by atoms with E-state index in [1.807, 2.05) is 0 Å². The Labute approximate surface area is 126 Å². The number of hydrogen-bond acceptors (Lipinski definition) is 3. The van der Waals surface area contributed by atoms with Gasteiger partial charge in [0.15, 0.2) is 0 Å². The first-order chi connectivity index (χ1) is 8.84. The second kappa shape index (κ2) is 13.2. The Balaban J connectivity index is 0.00000324. The van der Waals surface area contributed by atoms with Crippen LogP contribution in [-0.4, -0.2) is 25.9 Å². The summed E-state index contributed by atoms with van der Waals surface area (Å²) >= 11 is 0. The van der Waals surface area contributed by atoms with Crippen molar-refractivity contribution in [3.63, 3.8) is 0 Å². The maximum atomic E-state index is 6.05. The highest BCUT2D eigenvalue weighted by Gasteiger charge is 2.27.